The Hall–Kier alpha value is -2.37. The van der Waals surface area contributed by atoms with Crippen LogP contribution in [0.15, 0.2) is 36.9 Å². The van der Waals surface area contributed by atoms with E-state index in [0.29, 0.717) is 5.69 Å². The van der Waals surface area contributed by atoms with Crippen LogP contribution in [0.5, 0.6) is 0 Å². The second-order valence-corrected chi connectivity index (χ2v) is 4.05. The van der Waals surface area contributed by atoms with E-state index in [1.54, 1.807) is 18.6 Å². The molecule has 0 saturated carbocycles. The summed E-state index contributed by atoms with van der Waals surface area (Å²) in [5, 5.41) is 6.83. The summed E-state index contributed by atoms with van der Waals surface area (Å²) < 4.78 is 1.50. The molecule has 18 heavy (non-hydrogen) atoms. The van der Waals surface area contributed by atoms with E-state index in [1.807, 2.05) is 19.1 Å². The van der Waals surface area contributed by atoms with Gasteiger partial charge in [-0.05, 0) is 18.6 Å². The smallest absolute Gasteiger partial charge is 0.242 e. The summed E-state index contributed by atoms with van der Waals surface area (Å²) in [7, 11) is 0. The number of pyridine rings is 1. The van der Waals surface area contributed by atoms with Crippen molar-refractivity contribution < 1.29 is 4.79 Å². The normalized spacial score (nSPS) is 12.1. The van der Waals surface area contributed by atoms with Gasteiger partial charge in [0.2, 0.25) is 5.91 Å². The van der Waals surface area contributed by atoms with E-state index in [4.69, 9.17) is 5.73 Å². The number of nitrogen functional groups attached to an aromatic ring is 1. The Morgan fingerprint density at radius 1 is 1.56 bits per heavy atom. The molecule has 2 aromatic heterocycles. The van der Waals surface area contributed by atoms with Gasteiger partial charge in [0.05, 0.1) is 17.9 Å². The minimum absolute atomic E-state index is 0.0842. The van der Waals surface area contributed by atoms with E-state index in [9.17, 15) is 4.79 Å². The Bertz CT molecular complexity index is 522. The third kappa shape index (κ3) is 3.07. The number of hydrogen-bond acceptors (Lipinski definition) is 4. The first-order valence-corrected chi connectivity index (χ1v) is 5.62. The van der Waals surface area contributed by atoms with Crippen molar-refractivity contribution >= 4 is 11.6 Å². The van der Waals surface area contributed by atoms with E-state index >= 15 is 0 Å². The molecular weight excluding hydrogens is 230 g/mol. The van der Waals surface area contributed by atoms with Crippen LogP contribution in [0.1, 0.15) is 18.5 Å². The first-order chi connectivity index (χ1) is 8.65. The minimum Gasteiger partial charge on any atom is -0.396 e. The largest absolute Gasteiger partial charge is 0.396 e. The first kappa shape index (κ1) is 12.1. The zero-order valence-electron chi connectivity index (χ0n) is 10.1. The number of nitrogens with one attached hydrogen (secondary N) is 1. The fraction of sp³-hybridized carbons (Fsp3) is 0.250. The van der Waals surface area contributed by atoms with Crippen molar-refractivity contribution in [1.82, 2.24) is 20.1 Å². The molecule has 1 unspecified atom stereocenters. The molecule has 0 saturated heterocycles. The molecule has 0 aromatic carbocycles. The fourth-order valence-corrected chi connectivity index (χ4v) is 1.62. The maximum Gasteiger partial charge on any atom is 0.242 e. The van der Waals surface area contributed by atoms with Crippen LogP contribution in [0.25, 0.3) is 0 Å². The Morgan fingerprint density at radius 2 is 2.39 bits per heavy atom. The topological polar surface area (TPSA) is 85.8 Å². The number of nitrogens with two attached hydrogens (primary N) is 1. The van der Waals surface area contributed by atoms with Gasteiger partial charge in [-0.1, -0.05) is 6.07 Å². The summed E-state index contributed by atoms with van der Waals surface area (Å²) in [6.45, 7) is 2.06. The molecule has 0 radical (unpaired) electrons. The van der Waals surface area contributed by atoms with Gasteiger partial charge in [-0.15, -0.1) is 0 Å². The van der Waals surface area contributed by atoms with Crippen LogP contribution in [0.2, 0.25) is 0 Å². The van der Waals surface area contributed by atoms with Gasteiger partial charge in [0.15, 0.2) is 0 Å². The van der Waals surface area contributed by atoms with Crippen LogP contribution in [0.4, 0.5) is 5.69 Å². The Kier molecular flexibility index (Phi) is 3.57. The lowest BCUT2D eigenvalue weighted by Crippen LogP contribution is -2.30. The highest BCUT2D eigenvalue weighted by Gasteiger charge is 2.10. The molecule has 1 atom stereocenters. The van der Waals surface area contributed by atoms with Crippen LogP contribution >= 0.6 is 0 Å². The van der Waals surface area contributed by atoms with Crippen LogP contribution in [0.3, 0.4) is 0 Å². The van der Waals surface area contributed by atoms with E-state index < -0.39 is 0 Å². The number of rotatable bonds is 4. The van der Waals surface area contributed by atoms with E-state index in [-0.39, 0.29) is 18.5 Å². The average molecular weight is 245 g/mol. The summed E-state index contributed by atoms with van der Waals surface area (Å²) in [6, 6.07) is 3.68. The van der Waals surface area contributed by atoms with Crippen molar-refractivity contribution in [2.45, 2.75) is 19.5 Å². The van der Waals surface area contributed by atoms with Gasteiger partial charge in [-0.3, -0.25) is 14.5 Å². The van der Waals surface area contributed by atoms with Crippen molar-refractivity contribution in [3.63, 3.8) is 0 Å². The van der Waals surface area contributed by atoms with Crippen LogP contribution in [0, 0.1) is 0 Å². The molecular formula is C12H15N5O. The molecule has 3 N–H and O–H groups in total. The summed E-state index contributed by atoms with van der Waals surface area (Å²) >= 11 is 0. The number of carbonyl (C=O) groups is 1. The minimum atomic E-state index is -0.116. The molecule has 6 nitrogen and oxygen atoms in total. The van der Waals surface area contributed by atoms with Gasteiger partial charge >= 0.3 is 0 Å². The van der Waals surface area contributed by atoms with Crippen molar-refractivity contribution in [1.29, 1.82) is 0 Å². The molecule has 2 heterocycles. The van der Waals surface area contributed by atoms with Gasteiger partial charge in [0.25, 0.3) is 0 Å². The number of carbonyl (C=O) groups excluding carboxylic acids is 1. The summed E-state index contributed by atoms with van der Waals surface area (Å²) in [5.74, 6) is -0.116. The fourth-order valence-electron chi connectivity index (χ4n) is 1.62. The third-order valence-electron chi connectivity index (χ3n) is 2.52. The molecule has 0 aliphatic heterocycles. The zero-order valence-corrected chi connectivity index (χ0v) is 10.1. The Labute approximate surface area is 105 Å². The van der Waals surface area contributed by atoms with Gasteiger partial charge in [0.1, 0.15) is 6.54 Å². The quantitative estimate of drug-likeness (QED) is 0.831. The monoisotopic (exact) mass is 245 g/mol. The van der Waals surface area contributed by atoms with E-state index in [2.05, 4.69) is 15.4 Å². The summed E-state index contributed by atoms with van der Waals surface area (Å²) in [6.07, 6.45) is 6.56. The molecule has 0 aliphatic carbocycles. The van der Waals surface area contributed by atoms with Gasteiger partial charge in [0, 0.05) is 18.6 Å². The summed E-state index contributed by atoms with van der Waals surface area (Å²) in [4.78, 5) is 15.8. The molecule has 2 rings (SSSR count). The van der Waals surface area contributed by atoms with E-state index in [1.165, 1.54) is 10.9 Å². The first-order valence-electron chi connectivity index (χ1n) is 5.62. The molecule has 1 amide bonds. The molecule has 2 aromatic rings. The standard InChI is InChI=1S/C12H15N5O/c1-9(10-3-2-4-14-5-10)16-12(18)8-17-7-11(13)6-15-17/h2-7,9H,8,13H2,1H3,(H,16,18). The molecule has 0 spiro atoms. The van der Waals surface area contributed by atoms with Crippen molar-refractivity contribution in [2.24, 2.45) is 0 Å². The highest BCUT2D eigenvalue weighted by atomic mass is 16.2. The summed E-state index contributed by atoms with van der Waals surface area (Å²) in [5.41, 5.74) is 7.03. The second kappa shape index (κ2) is 5.31. The molecule has 94 valence electrons. The van der Waals surface area contributed by atoms with E-state index in [0.717, 1.165) is 5.56 Å². The number of aromatic nitrogens is 3. The predicted molar refractivity (Wildman–Crippen MR) is 67.4 cm³/mol. The molecule has 0 bridgehead atoms. The van der Waals surface area contributed by atoms with Gasteiger partial charge < -0.3 is 11.1 Å². The average Bonchev–Trinajstić information content (AvgIpc) is 2.75. The van der Waals surface area contributed by atoms with Crippen LogP contribution in [-0.2, 0) is 11.3 Å². The number of amides is 1. The highest BCUT2D eigenvalue weighted by molar-refractivity contribution is 5.76. The lowest BCUT2D eigenvalue weighted by Gasteiger charge is -2.13. The lowest BCUT2D eigenvalue weighted by atomic mass is 10.1. The number of hydrogen-bond donors (Lipinski definition) is 2. The highest BCUT2D eigenvalue weighted by Crippen LogP contribution is 2.09. The van der Waals surface area contributed by atoms with Gasteiger partial charge in [-0.25, -0.2) is 0 Å². The third-order valence-corrected chi connectivity index (χ3v) is 2.52. The Morgan fingerprint density at radius 3 is 3.00 bits per heavy atom. The molecule has 0 aliphatic rings. The van der Waals surface area contributed by atoms with Gasteiger partial charge in [-0.2, -0.15) is 5.10 Å². The maximum atomic E-state index is 11.8. The number of anilines is 1. The predicted octanol–water partition coefficient (Wildman–Crippen LogP) is 0.738. The zero-order chi connectivity index (χ0) is 13.0. The van der Waals surface area contributed by atoms with Crippen molar-refractivity contribution in [3.8, 4) is 0 Å². The Balaban J connectivity index is 1.92. The van der Waals surface area contributed by atoms with Crippen molar-refractivity contribution in [2.75, 3.05) is 5.73 Å². The van der Waals surface area contributed by atoms with Crippen molar-refractivity contribution in [3.05, 3.63) is 42.5 Å². The SMILES string of the molecule is CC(NC(=O)Cn1cc(N)cn1)c1cccnc1. The lowest BCUT2D eigenvalue weighted by molar-refractivity contribution is -0.122. The number of nitrogens with zero attached hydrogens (tertiary/aromatic N) is 3. The maximum absolute atomic E-state index is 11.8. The van der Waals surface area contributed by atoms with Crippen LogP contribution in [-0.4, -0.2) is 20.7 Å². The second-order valence-electron chi connectivity index (χ2n) is 4.05. The van der Waals surface area contributed by atoms with Crippen LogP contribution < -0.4 is 11.1 Å². The molecule has 0 fully saturated rings. The molecule has 6 heteroatoms.